The van der Waals surface area contributed by atoms with Gasteiger partial charge in [0.2, 0.25) is 0 Å². The number of nitrogens with zero attached hydrogens (tertiary/aromatic N) is 4. The van der Waals surface area contributed by atoms with Gasteiger partial charge in [-0.2, -0.15) is 0 Å². The molecule has 1 atom stereocenters. The zero-order valence-electron chi connectivity index (χ0n) is 8.65. The van der Waals surface area contributed by atoms with Gasteiger partial charge in [-0.1, -0.05) is 0 Å². The molecule has 1 rings (SSSR count). The second kappa shape index (κ2) is 3.85. The normalized spacial score (nSPS) is 13.7. The molecule has 13 heavy (non-hydrogen) atoms. The Labute approximate surface area is 78.5 Å². The van der Waals surface area contributed by atoms with E-state index in [2.05, 4.69) is 10.2 Å². The average Bonchev–Trinajstić information content (AvgIpc) is 2.31. The molecule has 0 saturated carbocycles. The molecule has 5 nitrogen and oxygen atoms in total. The van der Waals surface area contributed by atoms with Crippen molar-refractivity contribution in [2.45, 2.75) is 13.0 Å². The zero-order valence-corrected chi connectivity index (χ0v) is 8.65. The Hall–Kier alpha value is -0.940. The van der Waals surface area contributed by atoms with Gasteiger partial charge in [-0.15, -0.1) is 10.2 Å². The molecule has 0 radical (unpaired) electrons. The molecule has 5 heteroatoms. The summed E-state index contributed by atoms with van der Waals surface area (Å²) in [7, 11) is 5.91. The summed E-state index contributed by atoms with van der Waals surface area (Å²) in [4.78, 5) is 2.04. The van der Waals surface area contributed by atoms with Crippen LogP contribution in [0.5, 0.6) is 0 Å². The summed E-state index contributed by atoms with van der Waals surface area (Å²) in [5.74, 6) is 1.73. The largest absolute Gasteiger partial charge is 0.320 e. The van der Waals surface area contributed by atoms with Gasteiger partial charge < -0.3 is 15.2 Å². The van der Waals surface area contributed by atoms with Crippen LogP contribution >= 0.6 is 0 Å². The monoisotopic (exact) mass is 183 g/mol. The van der Waals surface area contributed by atoms with E-state index in [0.717, 1.165) is 18.2 Å². The Morgan fingerprint density at radius 2 is 2.08 bits per heavy atom. The van der Waals surface area contributed by atoms with E-state index >= 15 is 0 Å². The van der Waals surface area contributed by atoms with Crippen molar-refractivity contribution in [2.24, 2.45) is 12.8 Å². The minimum Gasteiger partial charge on any atom is -0.320 e. The van der Waals surface area contributed by atoms with Gasteiger partial charge in [-0.3, -0.25) is 0 Å². The molecule has 0 aromatic carbocycles. The van der Waals surface area contributed by atoms with Crippen molar-refractivity contribution in [3.05, 3.63) is 11.6 Å². The maximum absolute atomic E-state index is 5.95. The molecule has 0 saturated heterocycles. The first-order valence-electron chi connectivity index (χ1n) is 4.28. The Morgan fingerprint density at radius 3 is 2.46 bits per heavy atom. The Balaban J connectivity index is 2.76. The van der Waals surface area contributed by atoms with Gasteiger partial charge in [0.1, 0.15) is 5.82 Å². The lowest BCUT2D eigenvalue weighted by Crippen LogP contribution is -2.28. The summed E-state index contributed by atoms with van der Waals surface area (Å²) >= 11 is 0. The topological polar surface area (TPSA) is 60.0 Å². The van der Waals surface area contributed by atoms with Gasteiger partial charge in [0.05, 0.1) is 6.04 Å². The van der Waals surface area contributed by atoms with Crippen molar-refractivity contribution in [2.75, 3.05) is 20.6 Å². The van der Waals surface area contributed by atoms with E-state index in [4.69, 9.17) is 5.73 Å². The molecule has 1 aromatic heterocycles. The summed E-state index contributed by atoms with van der Waals surface area (Å²) in [6.45, 7) is 2.70. The van der Waals surface area contributed by atoms with E-state index in [0.29, 0.717) is 0 Å². The van der Waals surface area contributed by atoms with Crippen LogP contribution in [0.1, 0.15) is 17.7 Å². The molecule has 0 aliphatic rings. The van der Waals surface area contributed by atoms with Crippen LogP contribution in [0.3, 0.4) is 0 Å². The molecule has 0 bridgehead atoms. The van der Waals surface area contributed by atoms with Crippen molar-refractivity contribution < 1.29 is 0 Å². The molecule has 0 spiro atoms. The van der Waals surface area contributed by atoms with Crippen molar-refractivity contribution in [3.63, 3.8) is 0 Å². The molecular formula is C8H17N5. The average molecular weight is 183 g/mol. The lowest BCUT2D eigenvalue weighted by Gasteiger charge is -2.15. The van der Waals surface area contributed by atoms with Gasteiger partial charge in [0.25, 0.3) is 0 Å². The highest BCUT2D eigenvalue weighted by Crippen LogP contribution is 2.07. The highest BCUT2D eigenvalue weighted by atomic mass is 15.3. The van der Waals surface area contributed by atoms with E-state index in [-0.39, 0.29) is 6.04 Å². The van der Waals surface area contributed by atoms with Crippen LogP contribution in [0.15, 0.2) is 0 Å². The van der Waals surface area contributed by atoms with E-state index in [1.807, 2.05) is 37.5 Å². The summed E-state index contributed by atoms with van der Waals surface area (Å²) in [5, 5.41) is 7.99. The number of hydrogen-bond acceptors (Lipinski definition) is 4. The van der Waals surface area contributed by atoms with Crippen LogP contribution in [0.4, 0.5) is 0 Å². The standard InChI is InChI=1S/C8H17N5/c1-6-10-11-8(13(6)4)7(9)5-12(2)3/h7H,5,9H2,1-4H3. The molecule has 0 aliphatic carbocycles. The predicted octanol–water partition coefficient (Wildman–Crippen LogP) is -0.315. The molecule has 2 N–H and O–H groups in total. The van der Waals surface area contributed by atoms with Gasteiger partial charge in [0, 0.05) is 13.6 Å². The van der Waals surface area contributed by atoms with Crippen LogP contribution in [0.2, 0.25) is 0 Å². The van der Waals surface area contributed by atoms with Gasteiger partial charge in [-0.05, 0) is 21.0 Å². The predicted molar refractivity (Wildman–Crippen MR) is 51.2 cm³/mol. The van der Waals surface area contributed by atoms with Crippen LogP contribution in [0.25, 0.3) is 0 Å². The Morgan fingerprint density at radius 1 is 1.46 bits per heavy atom. The third kappa shape index (κ3) is 2.26. The van der Waals surface area contributed by atoms with E-state index in [9.17, 15) is 0 Å². The van der Waals surface area contributed by atoms with E-state index in [1.54, 1.807) is 0 Å². The van der Waals surface area contributed by atoms with Crippen molar-refractivity contribution in [1.82, 2.24) is 19.7 Å². The third-order valence-corrected chi connectivity index (χ3v) is 2.02. The first-order valence-corrected chi connectivity index (χ1v) is 4.28. The fraction of sp³-hybridized carbons (Fsp3) is 0.750. The SMILES string of the molecule is Cc1nnc(C(N)CN(C)C)n1C. The molecule has 74 valence electrons. The quantitative estimate of drug-likeness (QED) is 0.698. The Kier molecular flexibility index (Phi) is 3.00. The van der Waals surface area contributed by atoms with Crippen LogP contribution < -0.4 is 5.73 Å². The zero-order chi connectivity index (χ0) is 10.0. The summed E-state index contributed by atoms with van der Waals surface area (Å²) in [6, 6.07) is -0.0683. The first kappa shape index (κ1) is 10.1. The van der Waals surface area contributed by atoms with E-state index < -0.39 is 0 Å². The van der Waals surface area contributed by atoms with Gasteiger partial charge >= 0.3 is 0 Å². The summed E-state index contributed by atoms with van der Waals surface area (Å²) < 4.78 is 1.92. The molecule has 1 heterocycles. The highest BCUT2D eigenvalue weighted by molar-refractivity contribution is 4.98. The maximum Gasteiger partial charge on any atom is 0.151 e. The minimum atomic E-state index is -0.0683. The molecule has 0 fully saturated rings. The van der Waals surface area contributed by atoms with Gasteiger partial charge in [0.15, 0.2) is 5.82 Å². The summed E-state index contributed by atoms with van der Waals surface area (Å²) in [5.41, 5.74) is 5.95. The number of rotatable bonds is 3. The van der Waals surface area contributed by atoms with Crippen LogP contribution in [0, 0.1) is 6.92 Å². The lowest BCUT2D eigenvalue weighted by atomic mass is 10.3. The number of hydrogen-bond donors (Lipinski definition) is 1. The lowest BCUT2D eigenvalue weighted by molar-refractivity contribution is 0.366. The number of likely N-dealkylation sites (N-methyl/N-ethyl adjacent to an activating group) is 1. The second-order valence-electron chi connectivity index (χ2n) is 3.53. The smallest absolute Gasteiger partial charge is 0.151 e. The highest BCUT2D eigenvalue weighted by Gasteiger charge is 2.14. The summed E-state index contributed by atoms with van der Waals surface area (Å²) in [6.07, 6.45) is 0. The molecular weight excluding hydrogens is 166 g/mol. The van der Waals surface area contributed by atoms with Crippen molar-refractivity contribution in [1.29, 1.82) is 0 Å². The number of aryl methyl sites for hydroxylation is 1. The van der Waals surface area contributed by atoms with Gasteiger partial charge in [-0.25, -0.2) is 0 Å². The first-order chi connectivity index (χ1) is 6.02. The Bertz CT molecular complexity index is 278. The van der Waals surface area contributed by atoms with Crippen LogP contribution in [-0.4, -0.2) is 40.3 Å². The fourth-order valence-corrected chi connectivity index (χ4v) is 1.22. The minimum absolute atomic E-state index is 0.0683. The molecule has 1 unspecified atom stereocenters. The molecule has 0 aliphatic heterocycles. The maximum atomic E-state index is 5.95. The van der Waals surface area contributed by atoms with Crippen molar-refractivity contribution >= 4 is 0 Å². The number of aromatic nitrogens is 3. The fourth-order valence-electron chi connectivity index (χ4n) is 1.22. The third-order valence-electron chi connectivity index (χ3n) is 2.02. The number of nitrogens with two attached hydrogens (primary N) is 1. The molecule has 1 aromatic rings. The van der Waals surface area contributed by atoms with Crippen molar-refractivity contribution in [3.8, 4) is 0 Å². The molecule has 0 amide bonds. The second-order valence-corrected chi connectivity index (χ2v) is 3.53. The van der Waals surface area contributed by atoms with Crippen LogP contribution in [-0.2, 0) is 7.05 Å². The van der Waals surface area contributed by atoms with E-state index in [1.165, 1.54) is 0 Å².